The van der Waals surface area contributed by atoms with E-state index in [9.17, 15) is 4.79 Å². The molecule has 3 aromatic heterocycles. The van der Waals surface area contributed by atoms with Crippen LogP contribution in [0.5, 0.6) is 0 Å². The normalized spacial score (nSPS) is 10.4. The van der Waals surface area contributed by atoms with E-state index in [0.717, 1.165) is 16.7 Å². The van der Waals surface area contributed by atoms with Gasteiger partial charge in [0, 0.05) is 37.9 Å². The topological polar surface area (TPSA) is 109 Å². The van der Waals surface area contributed by atoms with Crippen LogP contribution in [0.1, 0.15) is 21.6 Å². The van der Waals surface area contributed by atoms with Gasteiger partial charge in [-0.15, -0.1) is 0 Å². The number of nitrogens with zero attached hydrogens (tertiary/aromatic N) is 5. The second kappa shape index (κ2) is 6.97. The lowest BCUT2D eigenvalue weighted by atomic mass is 10.2. The number of rotatable bonds is 5. The molecule has 2 N–H and O–H groups in total. The summed E-state index contributed by atoms with van der Waals surface area (Å²) >= 11 is 0. The highest BCUT2D eigenvalue weighted by atomic mass is 16.1. The van der Waals surface area contributed by atoms with Crippen LogP contribution >= 0.6 is 0 Å². The van der Waals surface area contributed by atoms with Gasteiger partial charge in [0.2, 0.25) is 0 Å². The van der Waals surface area contributed by atoms with Crippen molar-refractivity contribution in [2.75, 3.05) is 18.4 Å². The first kappa shape index (κ1) is 16.4. The molecular weight excluding hydrogens is 318 g/mol. The number of nitriles is 1. The largest absolute Gasteiger partial charge is 0.368 e. The predicted octanol–water partition coefficient (Wildman–Crippen LogP) is 1.39. The molecule has 0 aliphatic carbocycles. The van der Waals surface area contributed by atoms with Crippen molar-refractivity contribution >= 4 is 22.8 Å². The van der Waals surface area contributed by atoms with Crippen LogP contribution in [0.3, 0.4) is 0 Å². The molecule has 0 saturated carbocycles. The van der Waals surface area contributed by atoms with E-state index < -0.39 is 0 Å². The van der Waals surface area contributed by atoms with Gasteiger partial charge in [0.05, 0.1) is 16.8 Å². The van der Waals surface area contributed by atoms with Crippen molar-refractivity contribution in [2.24, 2.45) is 7.05 Å². The maximum absolute atomic E-state index is 12.2. The SMILES string of the molecule is Cc1nn(C)c2ncc(C(=O)NCCNc3ccc(C#N)cn3)cc12. The van der Waals surface area contributed by atoms with Crippen LogP contribution in [0.4, 0.5) is 5.82 Å². The second-order valence-corrected chi connectivity index (χ2v) is 5.53. The van der Waals surface area contributed by atoms with Gasteiger partial charge in [-0.25, -0.2) is 9.97 Å². The number of pyridine rings is 2. The van der Waals surface area contributed by atoms with Crippen molar-refractivity contribution in [2.45, 2.75) is 6.92 Å². The number of aryl methyl sites for hydroxylation is 2. The molecule has 126 valence electrons. The molecule has 0 spiro atoms. The monoisotopic (exact) mass is 335 g/mol. The number of fused-ring (bicyclic) bond motifs is 1. The summed E-state index contributed by atoms with van der Waals surface area (Å²) in [6.45, 7) is 2.84. The van der Waals surface area contributed by atoms with Gasteiger partial charge < -0.3 is 10.6 Å². The van der Waals surface area contributed by atoms with E-state index in [1.165, 1.54) is 6.20 Å². The first-order valence-electron chi connectivity index (χ1n) is 7.76. The minimum Gasteiger partial charge on any atom is -0.368 e. The minimum absolute atomic E-state index is 0.188. The summed E-state index contributed by atoms with van der Waals surface area (Å²) in [4.78, 5) is 20.7. The van der Waals surface area contributed by atoms with Gasteiger partial charge >= 0.3 is 0 Å². The van der Waals surface area contributed by atoms with Crippen molar-refractivity contribution < 1.29 is 4.79 Å². The Labute approximate surface area is 144 Å². The van der Waals surface area contributed by atoms with Crippen molar-refractivity contribution in [3.8, 4) is 6.07 Å². The van der Waals surface area contributed by atoms with Gasteiger partial charge in [0.1, 0.15) is 11.9 Å². The Bertz CT molecular complexity index is 954. The van der Waals surface area contributed by atoms with E-state index >= 15 is 0 Å². The number of hydrogen-bond acceptors (Lipinski definition) is 6. The zero-order valence-corrected chi connectivity index (χ0v) is 13.9. The molecule has 0 fully saturated rings. The lowest BCUT2D eigenvalue weighted by Crippen LogP contribution is -2.29. The smallest absolute Gasteiger partial charge is 0.252 e. The van der Waals surface area contributed by atoms with Gasteiger partial charge in [0.15, 0.2) is 5.65 Å². The molecule has 0 atom stereocenters. The molecule has 0 bridgehead atoms. The quantitative estimate of drug-likeness (QED) is 0.682. The average Bonchev–Trinajstić information content (AvgIpc) is 2.92. The average molecular weight is 335 g/mol. The van der Waals surface area contributed by atoms with E-state index in [1.807, 2.05) is 20.0 Å². The van der Waals surface area contributed by atoms with E-state index in [4.69, 9.17) is 5.26 Å². The Balaban J connectivity index is 1.55. The van der Waals surface area contributed by atoms with Crippen molar-refractivity contribution in [3.05, 3.63) is 47.4 Å². The summed E-state index contributed by atoms with van der Waals surface area (Å²) in [6, 6.07) is 7.23. The summed E-state index contributed by atoms with van der Waals surface area (Å²) in [7, 11) is 1.82. The zero-order chi connectivity index (χ0) is 17.8. The number of hydrogen-bond donors (Lipinski definition) is 2. The highest BCUT2D eigenvalue weighted by Crippen LogP contribution is 2.16. The lowest BCUT2D eigenvalue weighted by molar-refractivity contribution is 0.0955. The highest BCUT2D eigenvalue weighted by Gasteiger charge is 2.11. The number of aromatic nitrogens is 4. The van der Waals surface area contributed by atoms with Crippen molar-refractivity contribution in [1.82, 2.24) is 25.1 Å². The number of nitrogens with one attached hydrogen (secondary N) is 2. The number of carbonyl (C=O) groups is 1. The fraction of sp³-hybridized carbons (Fsp3) is 0.235. The van der Waals surface area contributed by atoms with Gasteiger partial charge in [-0.1, -0.05) is 0 Å². The molecule has 8 heteroatoms. The van der Waals surface area contributed by atoms with E-state index in [1.54, 1.807) is 29.1 Å². The highest BCUT2D eigenvalue weighted by molar-refractivity contribution is 5.97. The fourth-order valence-electron chi connectivity index (χ4n) is 2.47. The van der Waals surface area contributed by atoms with Crippen LogP contribution in [-0.4, -0.2) is 38.7 Å². The molecule has 0 unspecified atom stereocenters. The van der Waals surface area contributed by atoms with E-state index in [-0.39, 0.29) is 5.91 Å². The second-order valence-electron chi connectivity index (χ2n) is 5.53. The van der Waals surface area contributed by atoms with Crippen molar-refractivity contribution in [3.63, 3.8) is 0 Å². The summed E-state index contributed by atoms with van der Waals surface area (Å²) in [6.07, 6.45) is 3.05. The van der Waals surface area contributed by atoms with E-state index in [0.29, 0.717) is 30.0 Å². The fourth-order valence-corrected chi connectivity index (χ4v) is 2.47. The van der Waals surface area contributed by atoms with Crippen LogP contribution < -0.4 is 10.6 Å². The molecule has 0 radical (unpaired) electrons. The zero-order valence-electron chi connectivity index (χ0n) is 13.9. The van der Waals surface area contributed by atoms with Crippen LogP contribution in [0.2, 0.25) is 0 Å². The number of amides is 1. The first-order chi connectivity index (χ1) is 12.1. The molecule has 25 heavy (non-hydrogen) atoms. The maximum Gasteiger partial charge on any atom is 0.252 e. The van der Waals surface area contributed by atoms with Gasteiger partial charge in [0.25, 0.3) is 5.91 Å². The minimum atomic E-state index is -0.188. The van der Waals surface area contributed by atoms with Crippen LogP contribution in [0.15, 0.2) is 30.6 Å². The van der Waals surface area contributed by atoms with Crippen molar-refractivity contribution in [1.29, 1.82) is 5.26 Å². The molecule has 1 amide bonds. The Morgan fingerprint density at radius 3 is 2.84 bits per heavy atom. The first-order valence-corrected chi connectivity index (χ1v) is 7.76. The van der Waals surface area contributed by atoms with Crippen LogP contribution in [-0.2, 0) is 7.05 Å². The Hall–Kier alpha value is -3.47. The third kappa shape index (κ3) is 3.55. The molecule has 0 aliphatic rings. The molecule has 3 heterocycles. The summed E-state index contributed by atoms with van der Waals surface area (Å²) < 4.78 is 1.70. The van der Waals surface area contributed by atoms with Gasteiger partial charge in [-0.3, -0.25) is 9.48 Å². The lowest BCUT2D eigenvalue weighted by Gasteiger charge is -2.07. The van der Waals surface area contributed by atoms with Gasteiger partial charge in [-0.05, 0) is 25.1 Å². The van der Waals surface area contributed by atoms with E-state index in [2.05, 4.69) is 25.7 Å². The van der Waals surface area contributed by atoms with Crippen LogP contribution in [0, 0.1) is 18.3 Å². The molecular formula is C17H17N7O. The molecule has 0 saturated heterocycles. The Morgan fingerprint density at radius 2 is 2.12 bits per heavy atom. The third-order valence-electron chi connectivity index (χ3n) is 3.73. The molecule has 3 aromatic rings. The molecule has 0 aliphatic heterocycles. The van der Waals surface area contributed by atoms with Gasteiger partial charge in [-0.2, -0.15) is 10.4 Å². The summed E-state index contributed by atoms with van der Waals surface area (Å²) in [5, 5.41) is 19.8. The van der Waals surface area contributed by atoms with Crippen LogP contribution in [0.25, 0.3) is 11.0 Å². The Kier molecular flexibility index (Phi) is 4.57. The number of anilines is 1. The molecule has 0 aromatic carbocycles. The summed E-state index contributed by atoms with van der Waals surface area (Å²) in [5.74, 6) is 0.467. The Morgan fingerprint density at radius 1 is 1.28 bits per heavy atom. The standard InChI is InChI=1S/C17H17N7O/c1-11-14-7-13(10-22-16(14)24(2)23-11)17(25)20-6-5-19-15-4-3-12(8-18)9-21-15/h3-4,7,9-10H,5-6H2,1-2H3,(H,19,21)(H,20,25). The number of carbonyl (C=O) groups excluding carboxylic acids is 1. The molecule has 3 rings (SSSR count). The maximum atomic E-state index is 12.2. The summed E-state index contributed by atoms with van der Waals surface area (Å²) in [5.41, 5.74) is 2.60. The molecule has 8 nitrogen and oxygen atoms in total. The third-order valence-corrected chi connectivity index (χ3v) is 3.73. The predicted molar refractivity (Wildman–Crippen MR) is 93.0 cm³/mol.